The third-order valence-electron chi connectivity index (χ3n) is 9.21. The fraction of sp³-hybridized carbons (Fsp3) is 0.474. The minimum atomic E-state index is -0.0637. The Morgan fingerprint density at radius 2 is 1.45 bits per heavy atom. The van der Waals surface area contributed by atoms with E-state index >= 15 is 0 Å². The van der Waals surface area contributed by atoms with Crippen molar-refractivity contribution in [1.29, 1.82) is 0 Å². The Balaban J connectivity index is 1.39. The standard InChI is InChI=1S/C38H49N3O3/c1-31-14-11-19-34-29-40(36(42)23-22-32-15-5-2-6-16-32)26-12-24-39(28-33-17-7-3-8-18-33)25-13-27-41(38(31)34)37(43)30-44-35-20-9-4-10-21-35/h3-4,7-11,14,17-21,32H,2,5-6,12-13,15-16,22-30H2,1H3. The molecule has 3 aromatic carbocycles. The fourth-order valence-electron chi connectivity index (χ4n) is 6.84. The first-order valence-corrected chi connectivity index (χ1v) is 16.7. The van der Waals surface area contributed by atoms with Crippen LogP contribution in [0.1, 0.15) is 74.5 Å². The SMILES string of the molecule is Cc1cccc2c1N(C(=O)COc1ccccc1)CCCN(Cc1ccccc1)CCCN(C(=O)CCC1CCCCC1)C2. The maximum atomic E-state index is 13.9. The molecule has 0 radical (unpaired) electrons. The predicted molar refractivity (Wildman–Crippen MR) is 178 cm³/mol. The first-order chi connectivity index (χ1) is 21.6. The molecule has 6 nitrogen and oxygen atoms in total. The molecule has 0 unspecified atom stereocenters. The van der Waals surface area contributed by atoms with Crippen molar-refractivity contribution in [2.75, 3.05) is 37.7 Å². The lowest BCUT2D eigenvalue weighted by molar-refractivity contribution is -0.132. The number of carbonyl (C=O) groups excluding carboxylic acids is 2. The Morgan fingerprint density at radius 1 is 0.750 bits per heavy atom. The molecule has 44 heavy (non-hydrogen) atoms. The monoisotopic (exact) mass is 595 g/mol. The average molecular weight is 596 g/mol. The Morgan fingerprint density at radius 3 is 2.20 bits per heavy atom. The number of hydrogen-bond donors (Lipinski definition) is 0. The third kappa shape index (κ3) is 9.18. The molecule has 1 fully saturated rings. The number of aryl methyl sites for hydroxylation is 1. The van der Waals surface area contributed by atoms with Gasteiger partial charge in [-0.3, -0.25) is 14.5 Å². The number of nitrogens with zero attached hydrogens (tertiary/aromatic N) is 3. The summed E-state index contributed by atoms with van der Waals surface area (Å²) in [5.41, 5.74) is 4.29. The molecule has 0 atom stereocenters. The van der Waals surface area contributed by atoms with Gasteiger partial charge in [-0.25, -0.2) is 0 Å². The average Bonchev–Trinajstić information content (AvgIpc) is 3.05. The first-order valence-electron chi connectivity index (χ1n) is 16.7. The number of carbonyl (C=O) groups is 2. The van der Waals surface area contributed by atoms with Gasteiger partial charge in [0.15, 0.2) is 6.61 Å². The van der Waals surface area contributed by atoms with Crippen LogP contribution in [0.2, 0.25) is 0 Å². The molecule has 3 aromatic rings. The molecule has 5 rings (SSSR count). The lowest BCUT2D eigenvalue weighted by Gasteiger charge is -2.33. The number of ether oxygens (including phenoxy) is 1. The smallest absolute Gasteiger partial charge is 0.264 e. The molecule has 0 N–H and O–H groups in total. The van der Waals surface area contributed by atoms with Crippen LogP contribution in [0.25, 0.3) is 0 Å². The second-order valence-electron chi connectivity index (χ2n) is 12.6. The largest absolute Gasteiger partial charge is 0.484 e. The predicted octanol–water partition coefficient (Wildman–Crippen LogP) is 7.39. The molecule has 6 heteroatoms. The van der Waals surface area contributed by atoms with Crippen molar-refractivity contribution >= 4 is 17.5 Å². The number of hydrogen-bond acceptors (Lipinski definition) is 4. The second kappa shape index (κ2) is 16.4. The minimum absolute atomic E-state index is 0.0322. The molecule has 1 aliphatic heterocycles. The summed E-state index contributed by atoms with van der Waals surface area (Å²) in [5, 5.41) is 0. The molecular formula is C38H49N3O3. The molecule has 1 saturated carbocycles. The van der Waals surface area contributed by atoms with Crippen molar-refractivity contribution in [3.05, 3.63) is 95.6 Å². The number of anilines is 1. The van der Waals surface area contributed by atoms with E-state index in [1.54, 1.807) is 0 Å². The van der Waals surface area contributed by atoms with Crippen LogP contribution in [0.5, 0.6) is 5.75 Å². The Labute approximate surface area is 264 Å². The van der Waals surface area contributed by atoms with E-state index in [1.165, 1.54) is 37.7 Å². The van der Waals surface area contributed by atoms with Crippen LogP contribution in [0.3, 0.4) is 0 Å². The van der Waals surface area contributed by atoms with Gasteiger partial charge in [0.2, 0.25) is 5.91 Å². The molecule has 2 amide bonds. The van der Waals surface area contributed by atoms with Gasteiger partial charge < -0.3 is 14.5 Å². The van der Waals surface area contributed by atoms with Gasteiger partial charge in [0.05, 0.1) is 5.69 Å². The van der Waals surface area contributed by atoms with Crippen molar-refractivity contribution < 1.29 is 14.3 Å². The summed E-state index contributed by atoms with van der Waals surface area (Å²) in [6.45, 7) is 6.50. The summed E-state index contributed by atoms with van der Waals surface area (Å²) in [6.07, 6.45) is 9.80. The van der Waals surface area contributed by atoms with Crippen molar-refractivity contribution in [2.45, 2.75) is 77.8 Å². The van der Waals surface area contributed by atoms with Crippen LogP contribution in [-0.2, 0) is 22.7 Å². The van der Waals surface area contributed by atoms with Crippen LogP contribution >= 0.6 is 0 Å². The third-order valence-corrected chi connectivity index (χ3v) is 9.21. The molecule has 0 saturated heterocycles. The topological polar surface area (TPSA) is 53.1 Å². The van der Waals surface area contributed by atoms with Gasteiger partial charge in [-0.05, 0) is 60.9 Å². The van der Waals surface area contributed by atoms with Crippen LogP contribution in [0.4, 0.5) is 5.69 Å². The quantitative estimate of drug-likeness (QED) is 0.273. The number of para-hydroxylation sites is 2. The zero-order chi connectivity index (χ0) is 30.6. The van der Waals surface area contributed by atoms with E-state index in [1.807, 2.05) is 35.2 Å². The number of rotatable bonds is 8. The van der Waals surface area contributed by atoms with Crippen LogP contribution < -0.4 is 9.64 Å². The van der Waals surface area contributed by atoms with Crippen LogP contribution in [0.15, 0.2) is 78.9 Å². The van der Waals surface area contributed by atoms with E-state index in [2.05, 4.69) is 65.3 Å². The van der Waals surface area contributed by atoms with Crippen molar-refractivity contribution in [1.82, 2.24) is 9.80 Å². The Hall–Kier alpha value is -3.64. The molecule has 2 aliphatic rings. The second-order valence-corrected chi connectivity index (χ2v) is 12.6. The van der Waals surface area contributed by atoms with E-state index < -0.39 is 0 Å². The molecule has 234 valence electrons. The number of benzene rings is 3. The molecule has 0 bridgehead atoms. The molecule has 0 aromatic heterocycles. The Bertz CT molecular complexity index is 1320. The molecule has 0 spiro atoms. The van der Waals surface area contributed by atoms with Gasteiger partial charge in [-0.15, -0.1) is 0 Å². The first kappa shape index (κ1) is 31.8. The highest BCUT2D eigenvalue weighted by Crippen LogP contribution is 2.30. The summed E-state index contributed by atoms with van der Waals surface area (Å²) < 4.78 is 5.93. The van der Waals surface area contributed by atoms with E-state index in [0.29, 0.717) is 37.7 Å². The van der Waals surface area contributed by atoms with Gasteiger partial charge >= 0.3 is 0 Å². The summed E-state index contributed by atoms with van der Waals surface area (Å²) in [5.74, 6) is 1.53. The van der Waals surface area contributed by atoms with E-state index in [0.717, 1.165) is 55.7 Å². The summed E-state index contributed by atoms with van der Waals surface area (Å²) in [6, 6.07) is 26.3. The van der Waals surface area contributed by atoms with E-state index in [4.69, 9.17) is 4.74 Å². The van der Waals surface area contributed by atoms with Crippen molar-refractivity contribution in [2.24, 2.45) is 5.92 Å². The van der Waals surface area contributed by atoms with Gasteiger partial charge in [0.25, 0.3) is 5.91 Å². The van der Waals surface area contributed by atoms with E-state index in [-0.39, 0.29) is 18.4 Å². The fourth-order valence-corrected chi connectivity index (χ4v) is 6.84. The van der Waals surface area contributed by atoms with Gasteiger partial charge in [-0.2, -0.15) is 0 Å². The lowest BCUT2D eigenvalue weighted by atomic mass is 9.86. The maximum absolute atomic E-state index is 13.9. The normalized spacial score (nSPS) is 17.3. The molecule has 1 aliphatic carbocycles. The highest BCUT2D eigenvalue weighted by molar-refractivity contribution is 5.96. The summed E-state index contributed by atoms with van der Waals surface area (Å²) in [4.78, 5) is 34.1. The van der Waals surface area contributed by atoms with Crippen LogP contribution in [-0.4, -0.2) is 54.4 Å². The summed E-state index contributed by atoms with van der Waals surface area (Å²) >= 11 is 0. The van der Waals surface area contributed by atoms with E-state index in [9.17, 15) is 9.59 Å². The highest BCUT2D eigenvalue weighted by Gasteiger charge is 2.25. The summed E-state index contributed by atoms with van der Waals surface area (Å²) in [7, 11) is 0. The molecule has 1 heterocycles. The van der Waals surface area contributed by atoms with Crippen molar-refractivity contribution in [3.8, 4) is 5.75 Å². The lowest BCUT2D eigenvalue weighted by Crippen LogP contribution is -2.40. The number of amides is 2. The highest BCUT2D eigenvalue weighted by atomic mass is 16.5. The zero-order valence-electron chi connectivity index (χ0n) is 26.5. The minimum Gasteiger partial charge on any atom is -0.484 e. The van der Waals surface area contributed by atoms with Crippen LogP contribution in [0, 0.1) is 12.8 Å². The van der Waals surface area contributed by atoms with Gasteiger partial charge in [0, 0.05) is 45.7 Å². The number of fused-ring (bicyclic) bond motifs is 1. The Kier molecular flexibility index (Phi) is 11.9. The van der Waals surface area contributed by atoms with Crippen molar-refractivity contribution in [3.63, 3.8) is 0 Å². The van der Waals surface area contributed by atoms with Gasteiger partial charge in [0.1, 0.15) is 5.75 Å². The zero-order valence-corrected chi connectivity index (χ0v) is 26.5. The maximum Gasteiger partial charge on any atom is 0.264 e. The van der Waals surface area contributed by atoms with Gasteiger partial charge in [-0.1, -0.05) is 98.8 Å². The molecular weight excluding hydrogens is 546 g/mol.